The molecule has 0 radical (unpaired) electrons. The molecule has 3 aromatic heterocycles. The summed E-state index contributed by atoms with van der Waals surface area (Å²) in [6, 6.07) is 13.9. The summed E-state index contributed by atoms with van der Waals surface area (Å²) in [5, 5.41) is 10.6. The lowest BCUT2D eigenvalue weighted by atomic mass is 10.1. The molecule has 0 saturated carbocycles. The fourth-order valence-electron chi connectivity index (χ4n) is 3.62. The first-order chi connectivity index (χ1) is 13.9. The number of aryl methyl sites for hydroxylation is 1. The minimum absolute atomic E-state index is 0.176. The second-order valence-electron chi connectivity index (χ2n) is 6.78. The van der Waals surface area contributed by atoms with E-state index in [4.69, 9.17) is 9.97 Å². The van der Waals surface area contributed by atoms with Gasteiger partial charge in [-0.2, -0.15) is 5.10 Å². The summed E-state index contributed by atoms with van der Waals surface area (Å²) in [5.41, 5.74) is 4.30. The van der Waals surface area contributed by atoms with Gasteiger partial charge < -0.3 is 5.32 Å². The van der Waals surface area contributed by atoms with Gasteiger partial charge in [0.1, 0.15) is 18.2 Å². The minimum Gasteiger partial charge on any atom is -0.356 e. The molecule has 1 aliphatic rings. The van der Waals surface area contributed by atoms with Crippen LogP contribution in [0.4, 0.5) is 5.82 Å². The third kappa shape index (κ3) is 3.11. The van der Waals surface area contributed by atoms with E-state index in [0.717, 1.165) is 47.7 Å². The average molecular weight is 369 g/mol. The van der Waals surface area contributed by atoms with Gasteiger partial charge in [0.25, 0.3) is 0 Å². The Bertz CT molecular complexity index is 1060. The first-order valence-electron chi connectivity index (χ1n) is 9.35. The van der Waals surface area contributed by atoms with E-state index in [2.05, 4.69) is 37.6 Å². The molecule has 0 amide bonds. The lowest BCUT2D eigenvalue weighted by molar-refractivity contribution is 0.825. The number of fused-ring (bicyclic) bond motifs is 1. The molecule has 138 valence electrons. The van der Waals surface area contributed by atoms with Gasteiger partial charge in [0.05, 0.1) is 0 Å². The molecule has 28 heavy (non-hydrogen) atoms. The van der Waals surface area contributed by atoms with Crippen LogP contribution in [-0.4, -0.2) is 30.1 Å². The van der Waals surface area contributed by atoms with Gasteiger partial charge in [-0.15, -0.1) is 0 Å². The molecule has 1 aromatic carbocycles. The summed E-state index contributed by atoms with van der Waals surface area (Å²) in [7, 11) is 0. The molecule has 0 fully saturated rings. The number of aromatic amines is 1. The van der Waals surface area contributed by atoms with Crippen LogP contribution < -0.4 is 5.32 Å². The lowest BCUT2D eigenvalue weighted by Gasteiger charge is -2.20. The summed E-state index contributed by atoms with van der Waals surface area (Å²) in [6.45, 7) is 0. The number of benzene rings is 1. The van der Waals surface area contributed by atoms with E-state index in [-0.39, 0.29) is 6.04 Å². The molecule has 2 N–H and O–H groups in total. The zero-order valence-corrected chi connectivity index (χ0v) is 15.2. The number of hydrogen-bond acceptors (Lipinski definition) is 6. The van der Waals surface area contributed by atoms with Gasteiger partial charge in [-0.1, -0.05) is 30.3 Å². The van der Waals surface area contributed by atoms with Crippen LogP contribution in [0.25, 0.3) is 11.4 Å². The summed E-state index contributed by atoms with van der Waals surface area (Å²) >= 11 is 0. The number of hydrogen-bond donors (Lipinski definition) is 2. The number of nitrogens with zero attached hydrogens (tertiary/aromatic N) is 5. The van der Waals surface area contributed by atoms with Gasteiger partial charge >= 0.3 is 0 Å². The highest BCUT2D eigenvalue weighted by molar-refractivity contribution is 5.60. The van der Waals surface area contributed by atoms with Crippen molar-refractivity contribution in [3.05, 3.63) is 83.8 Å². The molecule has 3 heterocycles. The van der Waals surface area contributed by atoms with Crippen LogP contribution in [-0.2, 0) is 12.8 Å². The Morgan fingerprint density at radius 2 is 1.93 bits per heavy atom. The zero-order chi connectivity index (χ0) is 18.8. The van der Waals surface area contributed by atoms with Crippen LogP contribution in [0.2, 0.25) is 0 Å². The van der Waals surface area contributed by atoms with E-state index in [9.17, 15) is 0 Å². The van der Waals surface area contributed by atoms with Gasteiger partial charge in [0.15, 0.2) is 11.6 Å². The molecule has 0 saturated heterocycles. The van der Waals surface area contributed by atoms with Gasteiger partial charge in [0.2, 0.25) is 0 Å². The molecule has 0 aliphatic heterocycles. The van der Waals surface area contributed by atoms with Crippen LogP contribution >= 0.6 is 0 Å². The quantitative estimate of drug-likeness (QED) is 0.560. The smallest absolute Gasteiger partial charge is 0.163 e. The Kier molecular flexibility index (Phi) is 4.25. The largest absolute Gasteiger partial charge is 0.356 e. The fourth-order valence-corrected chi connectivity index (χ4v) is 3.62. The highest BCUT2D eigenvalue weighted by Gasteiger charge is 2.24. The first-order valence-corrected chi connectivity index (χ1v) is 9.35. The van der Waals surface area contributed by atoms with E-state index in [1.165, 1.54) is 11.9 Å². The van der Waals surface area contributed by atoms with Gasteiger partial charge in [-0.3, -0.25) is 10.1 Å². The summed E-state index contributed by atoms with van der Waals surface area (Å²) in [6.07, 6.45) is 8.11. The second kappa shape index (κ2) is 7.19. The van der Waals surface area contributed by atoms with Crippen molar-refractivity contribution in [2.24, 2.45) is 0 Å². The van der Waals surface area contributed by atoms with Crippen LogP contribution in [0.3, 0.4) is 0 Å². The van der Waals surface area contributed by atoms with E-state index in [1.807, 2.05) is 30.3 Å². The van der Waals surface area contributed by atoms with Crippen molar-refractivity contribution < 1.29 is 0 Å². The molecular weight excluding hydrogens is 350 g/mol. The molecule has 0 spiro atoms. The summed E-state index contributed by atoms with van der Waals surface area (Å²) in [5.74, 6) is 2.30. The lowest BCUT2D eigenvalue weighted by Crippen LogP contribution is -2.17. The highest BCUT2D eigenvalue weighted by atomic mass is 15.2. The minimum atomic E-state index is -0.176. The van der Waals surface area contributed by atoms with E-state index >= 15 is 0 Å². The van der Waals surface area contributed by atoms with Crippen molar-refractivity contribution in [2.45, 2.75) is 25.3 Å². The maximum Gasteiger partial charge on any atom is 0.163 e. The van der Waals surface area contributed by atoms with Crippen molar-refractivity contribution >= 4 is 5.82 Å². The van der Waals surface area contributed by atoms with Crippen molar-refractivity contribution in [1.82, 2.24) is 30.1 Å². The zero-order valence-electron chi connectivity index (χ0n) is 15.2. The standard InChI is InChI=1S/C21H19N7/c1-2-6-14(7-3-1)18(21-23-13-24-28-21)26-20-16-9-4-10-17(16)25-19(27-20)15-8-5-11-22-12-15/h1-3,5-8,11-13,18H,4,9-10H2,(H,23,24,28)(H,25,26,27)/t18-/m1/s1. The average Bonchev–Trinajstić information content (AvgIpc) is 3.45. The topological polar surface area (TPSA) is 92.3 Å². The van der Waals surface area contributed by atoms with Crippen molar-refractivity contribution in [3.63, 3.8) is 0 Å². The molecule has 0 unspecified atom stereocenters. The summed E-state index contributed by atoms with van der Waals surface area (Å²) < 4.78 is 0. The number of H-pyrrole nitrogens is 1. The van der Waals surface area contributed by atoms with E-state index < -0.39 is 0 Å². The second-order valence-corrected chi connectivity index (χ2v) is 6.78. The molecule has 4 aromatic rings. The number of pyridine rings is 1. The number of anilines is 1. The Morgan fingerprint density at radius 1 is 1.00 bits per heavy atom. The molecule has 7 heteroatoms. The molecule has 5 rings (SSSR count). The van der Waals surface area contributed by atoms with Crippen LogP contribution in [0.15, 0.2) is 61.2 Å². The molecule has 1 atom stereocenters. The number of nitrogens with one attached hydrogen (secondary N) is 2. The summed E-state index contributed by atoms with van der Waals surface area (Å²) in [4.78, 5) is 18.3. The number of aromatic nitrogens is 6. The van der Waals surface area contributed by atoms with Gasteiger partial charge in [-0.25, -0.2) is 15.0 Å². The van der Waals surface area contributed by atoms with Gasteiger partial charge in [0, 0.05) is 29.2 Å². The van der Waals surface area contributed by atoms with Crippen LogP contribution in [0, 0.1) is 0 Å². The Morgan fingerprint density at radius 3 is 2.71 bits per heavy atom. The SMILES string of the molecule is c1ccc([C@@H](Nc2nc(-c3cccnc3)nc3c2CCC3)c2ncn[nH]2)cc1. The predicted molar refractivity (Wildman–Crippen MR) is 106 cm³/mol. The molecule has 1 aliphatic carbocycles. The monoisotopic (exact) mass is 369 g/mol. The maximum atomic E-state index is 4.87. The third-order valence-corrected chi connectivity index (χ3v) is 4.97. The Hall–Kier alpha value is -3.61. The number of rotatable bonds is 5. The highest BCUT2D eigenvalue weighted by Crippen LogP contribution is 2.32. The Labute approximate surface area is 162 Å². The normalized spacial score (nSPS) is 13.9. The molecular formula is C21H19N7. The van der Waals surface area contributed by atoms with Crippen molar-refractivity contribution in [1.29, 1.82) is 0 Å². The third-order valence-electron chi connectivity index (χ3n) is 4.97. The maximum absolute atomic E-state index is 4.87. The van der Waals surface area contributed by atoms with Crippen LogP contribution in [0.1, 0.15) is 35.1 Å². The van der Waals surface area contributed by atoms with E-state index in [1.54, 1.807) is 12.4 Å². The molecule has 7 nitrogen and oxygen atoms in total. The van der Waals surface area contributed by atoms with Gasteiger partial charge in [-0.05, 0) is 37.0 Å². The fraction of sp³-hybridized carbons (Fsp3) is 0.190. The van der Waals surface area contributed by atoms with E-state index in [0.29, 0.717) is 5.82 Å². The van der Waals surface area contributed by atoms with Crippen molar-refractivity contribution in [3.8, 4) is 11.4 Å². The Balaban J connectivity index is 1.59. The van der Waals surface area contributed by atoms with Crippen LogP contribution in [0.5, 0.6) is 0 Å². The molecule has 0 bridgehead atoms. The first kappa shape index (κ1) is 16.6. The predicted octanol–water partition coefficient (Wildman–Crippen LogP) is 3.35. The van der Waals surface area contributed by atoms with Crippen molar-refractivity contribution in [2.75, 3.05) is 5.32 Å².